The van der Waals surface area contributed by atoms with E-state index >= 15 is 0 Å². The SMILES string of the molecule is CN(c1ccccc1)C(c1ccccc1)C(O)c1ccccc1. The van der Waals surface area contributed by atoms with Crippen LogP contribution in [0.4, 0.5) is 5.69 Å². The van der Waals surface area contributed by atoms with E-state index in [0.29, 0.717) is 0 Å². The Morgan fingerprint density at radius 3 is 1.61 bits per heavy atom. The van der Waals surface area contributed by atoms with E-state index in [4.69, 9.17) is 0 Å². The van der Waals surface area contributed by atoms with E-state index in [-0.39, 0.29) is 6.04 Å². The molecule has 0 aliphatic heterocycles. The number of rotatable bonds is 5. The fourth-order valence-corrected chi connectivity index (χ4v) is 2.92. The van der Waals surface area contributed by atoms with Crippen LogP contribution in [0.15, 0.2) is 91.0 Å². The average molecular weight is 303 g/mol. The minimum Gasteiger partial charge on any atom is -0.386 e. The van der Waals surface area contributed by atoms with E-state index in [9.17, 15) is 5.11 Å². The quantitative estimate of drug-likeness (QED) is 0.744. The van der Waals surface area contributed by atoms with Crippen LogP contribution in [-0.4, -0.2) is 12.2 Å². The van der Waals surface area contributed by atoms with Gasteiger partial charge in [-0.2, -0.15) is 0 Å². The Morgan fingerprint density at radius 2 is 1.09 bits per heavy atom. The van der Waals surface area contributed by atoms with Crippen LogP contribution in [0.25, 0.3) is 0 Å². The molecule has 0 bridgehead atoms. The first kappa shape index (κ1) is 15.3. The fraction of sp³-hybridized carbons (Fsp3) is 0.143. The van der Waals surface area contributed by atoms with Crippen molar-refractivity contribution in [2.24, 2.45) is 0 Å². The highest BCUT2D eigenvalue weighted by Gasteiger charge is 2.26. The molecular formula is C21H21NO. The number of aliphatic hydroxyl groups is 1. The molecule has 0 saturated heterocycles. The van der Waals surface area contributed by atoms with Crippen molar-refractivity contribution >= 4 is 5.69 Å². The van der Waals surface area contributed by atoms with Crippen LogP contribution in [0.5, 0.6) is 0 Å². The summed E-state index contributed by atoms with van der Waals surface area (Å²) in [5.74, 6) is 0. The normalized spacial score (nSPS) is 13.3. The van der Waals surface area contributed by atoms with Crippen LogP contribution in [0.3, 0.4) is 0 Å². The molecule has 3 aromatic carbocycles. The Kier molecular flexibility index (Phi) is 4.74. The maximum atomic E-state index is 11.0. The summed E-state index contributed by atoms with van der Waals surface area (Å²) in [4.78, 5) is 2.13. The Hall–Kier alpha value is -2.58. The van der Waals surface area contributed by atoms with Crippen molar-refractivity contribution in [2.75, 3.05) is 11.9 Å². The van der Waals surface area contributed by atoms with Gasteiger partial charge >= 0.3 is 0 Å². The highest BCUT2D eigenvalue weighted by molar-refractivity contribution is 5.49. The molecule has 2 nitrogen and oxygen atoms in total. The lowest BCUT2D eigenvalue weighted by atomic mass is 9.94. The van der Waals surface area contributed by atoms with Crippen molar-refractivity contribution in [3.05, 3.63) is 102 Å². The Labute approximate surface area is 137 Å². The van der Waals surface area contributed by atoms with Gasteiger partial charge in [0.05, 0.1) is 6.04 Å². The van der Waals surface area contributed by atoms with Crippen molar-refractivity contribution < 1.29 is 5.11 Å². The van der Waals surface area contributed by atoms with Crippen LogP contribution in [-0.2, 0) is 0 Å². The fourth-order valence-electron chi connectivity index (χ4n) is 2.92. The van der Waals surface area contributed by atoms with E-state index in [0.717, 1.165) is 16.8 Å². The standard InChI is InChI=1S/C21H21NO/c1-22(19-15-9-4-10-16-19)20(17-11-5-2-6-12-17)21(23)18-13-7-3-8-14-18/h2-16,20-21,23H,1H3. The third-order valence-electron chi connectivity index (χ3n) is 4.16. The molecule has 0 heterocycles. The van der Waals surface area contributed by atoms with Gasteiger partial charge in [0.1, 0.15) is 6.10 Å². The van der Waals surface area contributed by atoms with Crippen LogP contribution < -0.4 is 4.90 Å². The molecule has 0 aliphatic carbocycles. The first-order valence-electron chi connectivity index (χ1n) is 7.83. The highest BCUT2D eigenvalue weighted by Crippen LogP contribution is 2.35. The molecule has 2 heteroatoms. The predicted molar refractivity (Wildman–Crippen MR) is 95.4 cm³/mol. The molecule has 2 unspecified atom stereocenters. The van der Waals surface area contributed by atoms with Gasteiger partial charge in [0.2, 0.25) is 0 Å². The van der Waals surface area contributed by atoms with Crippen LogP contribution in [0.1, 0.15) is 23.3 Å². The van der Waals surface area contributed by atoms with Crippen molar-refractivity contribution in [2.45, 2.75) is 12.1 Å². The third-order valence-corrected chi connectivity index (χ3v) is 4.16. The number of para-hydroxylation sites is 1. The average Bonchev–Trinajstić information content (AvgIpc) is 2.64. The predicted octanol–water partition coefficient (Wildman–Crippen LogP) is 4.60. The minimum atomic E-state index is -0.608. The first-order chi connectivity index (χ1) is 11.3. The van der Waals surface area contributed by atoms with Crippen molar-refractivity contribution in [1.29, 1.82) is 0 Å². The number of aliphatic hydroxyl groups excluding tert-OH is 1. The molecule has 3 aromatic rings. The molecule has 2 atom stereocenters. The van der Waals surface area contributed by atoms with Gasteiger partial charge in [0, 0.05) is 12.7 Å². The summed E-state index contributed by atoms with van der Waals surface area (Å²) in [7, 11) is 2.03. The van der Waals surface area contributed by atoms with Gasteiger partial charge < -0.3 is 10.0 Å². The van der Waals surface area contributed by atoms with Gasteiger partial charge in [0.25, 0.3) is 0 Å². The largest absolute Gasteiger partial charge is 0.386 e. The summed E-state index contributed by atoms with van der Waals surface area (Å²) >= 11 is 0. The number of hydrogen-bond acceptors (Lipinski definition) is 2. The summed E-state index contributed by atoms with van der Waals surface area (Å²) in [6, 6.07) is 30.0. The van der Waals surface area contributed by atoms with Gasteiger partial charge in [-0.25, -0.2) is 0 Å². The monoisotopic (exact) mass is 303 g/mol. The lowest BCUT2D eigenvalue weighted by Crippen LogP contribution is -2.29. The highest BCUT2D eigenvalue weighted by atomic mass is 16.3. The van der Waals surface area contributed by atoms with E-state index in [1.54, 1.807) is 0 Å². The summed E-state index contributed by atoms with van der Waals surface area (Å²) in [5, 5.41) is 11.0. The van der Waals surface area contributed by atoms with Crippen molar-refractivity contribution in [3.8, 4) is 0 Å². The van der Waals surface area contributed by atoms with Gasteiger partial charge in [0.15, 0.2) is 0 Å². The molecule has 1 N–H and O–H groups in total. The lowest BCUT2D eigenvalue weighted by Gasteiger charge is -2.34. The Morgan fingerprint density at radius 1 is 0.652 bits per heavy atom. The van der Waals surface area contributed by atoms with E-state index < -0.39 is 6.10 Å². The summed E-state index contributed by atoms with van der Waals surface area (Å²) in [6.07, 6.45) is -0.608. The molecule has 0 amide bonds. The van der Waals surface area contributed by atoms with Gasteiger partial charge in [-0.15, -0.1) is 0 Å². The van der Waals surface area contributed by atoms with Crippen molar-refractivity contribution in [3.63, 3.8) is 0 Å². The van der Waals surface area contributed by atoms with Crippen LogP contribution in [0.2, 0.25) is 0 Å². The number of anilines is 1. The number of benzene rings is 3. The molecule has 0 spiro atoms. The third kappa shape index (κ3) is 3.43. The summed E-state index contributed by atoms with van der Waals surface area (Å²) in [6.45, 7) is 0. The zero-order chi connectivity index (χ0) is 16.1. The number of likely N-dealkylation sites (N-methyl/N-ethyl adjacent to an activating group) is 1. The maximum Gasteiger partial charge on any atom is 0.103 e. The molecule has 0 fully saturated rings. The molecule has 0 saturated carbocycles. The second-order valence-corrected chi connectivity index (χ2v) is 5.66. The Bertz CT molecular complexity index is 667. The maximum absolute atomic E-state index is 11.0. The first-order valence-corrected chi connectivity index (χ1v) is 7.83. The number of nitrogens with zero attached hydrogens (tertiary/aromatic N) is 1. The molecular weight excluding hydrogens is 282 g/mol. The van der Waals surface area contributed by atoms with E-state index in [1.165, 1.54) is 0 Å². The van der Waals surface area contributed by atoms with Gasteiger partial charge in [-0.1, -0.05) is 78.9 Å². The van der Waals surface area contributed by atoms with Gasteiger partial charge in [-0.05, 0) is 23.3 Å². The van der Waals surface area contributed by atoms with Crippen LogP contribution in [0, 0.1) is 0 Å². The molecule has 23 heavy (non-hydrogen) atoms. The second kappa shape index (κ2) is 7.12. The topological polar surface area (TPSA) is 23.5 Å². The molecule has 0 radical (unpaired) electrons. The Balaban J connectivity index is 2.01. The van der Waals surface area contributed by atoms with Gasteiger partial charge in [-0.3, -0.25) is 0 Å². The molecule has 3 rings (SSSR count). The van der Waals surface area contributed by atoms with Crippen molar-refractivity contribution in [1.82, 2.24) is 0 Å². The van der Waals surface area contributed by atoms with E-state index in [1.807, 2.05) is 73.8 Å². The zero-order valence-electron chi connectivity index (χ0n) is 13.2. The smallest absolute Gasteiger partial charge is 0.103 e. The summed E-state index contributed by atoms with van der Waals surface area (Å²) in [5.41, 5.74) is 3.09. The summed E-state index contributed by atoms with van der Waals surface area (Å²) < 4.78 is 0. The lowest BCUT2D eigenvalue weighted by molar-refractivity contribution is 0.144. The molecule has 0 aromatic heterocycles. The number of hydrogen-bond donors (Lipinski definition) is 1. The molecule has 0 aliphatic rings. The second-order valence-electron chi connectivity index (χ2n) is 5.66. The molecule has 116 valence electrons. The van der Waals surface area contributed by atoms with Crippen LogP contribution >= 0.6 is 0 Å². The zero-order valence-corrected chi connectivity index (χ0v) is 13.2. The van der Waals surface area contributed by atoms with E-state index in [2.05, 4.69) is 29.2 Å². The minimum absolute atomic E-state index is 0.152.